The van der Waals surface area contributed by atoms with Gasteiger partial charge in [-0.15, -0.1) is 19.0 Å². The standard InChI is InChI=1S/C11H13ClFNO.ClH/c1-6(2)5-9(14)7-3-4-8(13)10(12)11(7)15;/h3-4,9,15H,1,5,14H2,2H3;1H/t9-;/m1./s1. The maximum Gasteiger partial charge on any atom is 0.145 e. The lowest BCUT2D eigenvalue weighted by Crippen LogP contribution is -2.11. The van der Waals surface area contributed by atoms with Crippen molar-refractivity contribution in [3.63, 3.8) is 0 Å². The highest BCUT2D eigenvalue weighted by Crippen LogP contribution is 2.34. The maximum atomic E-state index is 12.9. The summed E-state index contributed by atoms with van der Waals surface area (Å²) >= 11 is 5.56. The number of nitrogens with two attached hydrogens (primary N) is 1. The van der Waals surface area contributed by atoms with Crippen LogP contribution in [0.25, 0.3) is 0 Å². The lowest BCUT2D eigenvalue weighted by atomic mass is 10.0. The molecule has 1 aromatic rings. The molecular weight excluding hydrogens is 252 g/mol. The van der Waals surface area contributed by atoms with Crippen molar-refractivity contribution in [1.82, 2.24) is 0 Å². The van der Waals surface area contributed by atoms with E-state index in [4.69, 9.17) is 17.3 Å². The Hall–Kier alpha value is -0.770. The molecule has 0 amide bonds. The first-order valence-electron chi connectivity index (χ1n) is 4.50. The molecule has 0 radical (unpaired) electrons. The van der Waals surface area contributed by atoms with Crippen LogP contribution in [0.1, 0.15) is 24.9 Å². The van der Waals surface area contributed by atoms with Crippen molar-refractivity contribution < 1.29 is 9.50 Å². The zero-order valence-electron chi connectivity index (χ0n) is 8.84. The fourth-order valence-electron chi connectivity index (χ4n) is 1.34. The van der Waals surface area contributed by atoms with Gasteiger partial charge in [0.05, 0.1) is 0 Å². The van der Waals surface area contributed by atoms with E-state index >= 15 is 0 Å². The van der Waals surface area contributed by atoms with Crippen LogP contribution in [-0.2, 0) is 0 Å². The average molecular weight is 266 g/mol. The van der Waals surface area contributed by atoms with E-state index < -0.39 is 11.9 Å². The van der Waals surface area contributed by atoms with Gasteiger partial charge in [-0.05, 0) is 19.4 Å². The van der Waals surface area contributed by atoms with Crippen molar-refractivity contribution in [2.24, 2.45) is 5.73 Å². The highest BCUT2D eigenvalue weighted by molar-refractivity contribution is 6.32. The normalized spacial score (nSPS) is 11.8. The first-order chi connectivity index (χ1) is 6.93. The predicted molar refractivity (Wildman–Crippen MR) is 66.7 cm³/mol. The molecule has 1 atom stereocenters. The van der Waals surface area contributed by atoms with E-state index in [2.05, 4.69) is 6.58 Å². The molecule has 0 unspecified atom stereocenters. The van der Waals surface area contributed by atoms with Gasteiger partial charge in [-0.2, -0.15) is 0 Å². The molecule has 90 valence electrons. The Morgan fingerprint density at radius 3 is 2.69 bits per heavy atom. The number of aromatic hydroxyl groups is 1. The van der Waals surface area contributed by atoms with Gasteiger partial charge in [0.2, 0.25) is 0 Å². The molecule has 0 aliphatic heterocycles. The zero-order chi connectivity index (χ0) is 11.6. The predicted octanol–water partition coefficient (Wildman–Crippen LogP) is 3.57. The van der Waals surface area contributed by atoms with E-state index in [-0.39, 0.29) is 23.2 Å². The van der Waals surface area contributed by atoms with Crippen molar-refractivity contribution in [3.8, 4) is 5.75 Å². The van der Waals surface area contributed by atoms with E-state index in [0.717, 1.165) is 5.57 Å². The minimum atomic E-state index is -0.652. The van der Waals surface area contributed by atoms with Gasteiger partial charge in [0.1, 0.15) is 16.6 Å². The molecule has 0 spiro atoms. The molecule has 0 aliphatic carbocycles. The smallest absolute Gasteiger partial charge is 0.145 e. The summed E-state index contributed by atoms with van der Waals surface area (Å²) in [5.41, 5.74) is 7.14. The summed E-state index contributed by atoms with van der Waals surface area (Å²) in [6, 6.07) is 2.21. The molecule has 0 saturated heterocycles. The Bertz CT molecular complexity index is 396. The topological polar surface area (TPSA) is 46.2 Å². The highest BCUT2D eigenvalue weighted by Gasteiger charge is 2.16. The van der Waals surface area contributed by atoms with E-state index in [9.17, 15) is 9.50 Å². The van der Waals surface area contributed by atoms with Crippen LogP contribution in [0.3, 0.4) is 0 Å². The van der Waals surface area contributed by atoms with Gasteiger partial charge >= 0.3 is 0 Å². The molecule has 0 heterocycles. The van der Waals surface area contributed by atoms with E-state index in [1.165, 1.54) is 12.1 Å². The van der Waals surface area contributed by atoms with Crippen molar-refractivity contribution in [2.75, 3.05) is 0 Å². The third kappa shape index (κ3) is 3.37. The molecule has 5 heteroatoms. The maximum absolute atomic E-state index is 12.9. The molecule has 0 saturated carbocycles. The fraction of sp³-hybridized carbons (Fsp3) is 0.273. The highest BCUT2D eigenvalue weighted by atomic mass is 35.5. The van der Waals surface area contributed by atoms with Crippen LogP contribution in [0.4, 0.5) is 4.39 Å². The van der Waals surface area contributed by atoms with Crippen molar-refractivity contribution in [2.45, 2.75) is 19.4 Å². The van der Waals surface area contributed by atoms with Crippen LogP contribution in [0, 0.1) is 5.82 Å². The van der Waals surface area contributed by atoms with Gasteiger partial charge < -0.3 is 10.8 Å². The first-order valence-corrected chi connectivity index (χ1v) is 4.88. The summed E-state index contributed by atoms with van der Waals surface area (Å²) in [4.78, 5) is 0. The van der Waals surface area contributed by atoms with Crippen molar-refractivity contribution >= 4 is 24.0 Å². The SMILES string of the molecule is C=C(C)C[C@@H](N)c1ccc(F)c(Cl)c1O.Cl. The van der Waals surface area contributed by atoms with Crippen molar-refractivity contribution in [1.29, 1.82) is 0 Å². The number of rotatable bonds is 3. The Labute approximate surface area is 105 Å². The molecule has 0 aliphatic rings. The number of phenols is 1. The third-order valence-corrected chi connectivity index (χ3v) is 2.43. The van der Waals surface area contributed by atoms with Gasteiger partial charge in [-0.1, -0.05) is 23.2 Å². The molecule has 1 aromatic carbocycles. The summed E-state index contributed by atoms with van der Waals surface area (Å²) in [6.45, 7) is 5.56. The van der Waals surface area contributed by atoms with Crippen LogP contribution in [0.5, 0.6) is 5.75 Å². The number of hydrogen-bond acceptors (Lipinski definition) is 2. The Morgan fingerprint density at radius 1 is 1.62 bits per heavy atom. The monoisotopic (exact) mass is 265 g/mol. The van der Waals surface area contributed by atoms with Gasteiger partial charge in [-0.3, -0.25) is 0 Å². The van der Waals surface area contributed by atoms with Crippen LogP contribution in [-0.4, -0.2) is 5.11 Å². The summed E-state index contributed by atoms with van der Waals surface area (Å²) in [5, 5.41) is 9.29. The number of hydrogen-bond donors (Lipinski definition) is 2. The number of benzene rings is 1. The third-order valence-electron chi connectivity index (χ3n) is 2.07. The van der Waals surface area contributed by atoms with E-state index in [0.29, 0.717) is 12.0 Å². The second-order valence-electron chi connectivity index (χ2n) is 3.57. The molecular formula is C11H14Cl2FNO. The summed E-state index contributed by atoms with van der Waals surface area (Å²) < 4.78 is 12.9. The largest absolute Gasteiger partial charge is 0.506 e. The summed E-state index contributed by atoms with van der Waals surface area (Å²) in [6.07, 6.45) is 0.523. The van der Waals surface area contributed by atoms with Crippen LogP contribution in [0.2, 0.25) is 5.02 Å². The van der Waals surface area contributed by atoms with Crippen molar-refractivity contribution in [3.05, 3.63) is 40.7 Å². The second kappa shape index (κ2) is 6.09. The molecule has 1 rings (SSSR count). The Kier molecular flexibility index (Phi) is 5.79. The fourth-order valence-corrected chi connectivity index (χ4v) is 1.51. The first kappa shape index (κ1) is 15.2. The average Bonchev–Trinajstić information content (AvgIpc) is 2.13. The van der Waals surface area contributed by atoms with Crippen LogP contribution in [0.15, 0.2) is 24.3 Å². The summed E-state index contributed by atoms with van der Waals surface area (Å²) in [5.74, 6) is -0.939. The Morgan fingerprint density at radius 2 is 2.19 bits per heavy atom. The van der Waals surface area contributed by atoms with Gasteiger partial charge in [0.15, 0.2) is 0 Å². The molecule has 0 aromatic heterocycles. The lowest BCUT2D eigenvalue weighted by Gasteiger charge is -2.14. The molecule has 0 bridgehead atoms. The number of phenolic OH excluding ortho intramolecular Hbond substituents is 1. The Balaban J connectivity index is 0.00000225. The zero-order valence-corrected chi connectivity index (χ0v) is 10.4. The number of halogens is 3. The van der Waals surface area contributed by atoms with Crippen LogP contribution >= 0.6 is 24.0 Å². The van der Waals surface area contributed by atoms with E-state index in [1.807, 2.05) is 6.92 Å². The van der Waals surface area contributed by atoms with Gasteiger partial charge in [-0.25, -0.2) is 4.39 Å². The minimum absolute atomic E-state index is 0. The molecule has 16 heavy (non-hydrogen) atoms. The van der Waals surface area contributed by atoms with Gasteiger partial charge in [0.25, 0.3) is 0 Å². The van der Waals surface area contributed by atoms with Gasteiger partial charge in [0, 0.05) is 11.6 Å². The second-order valence-corrected chi connectivity index (χ2v) is 3.94. The summed E-state index contributed by atoms with van der Waals surface area (Å²) in [7, 11) is 0. The molecule has 3 N–H and O–H groups in total. The van der Waals surface area contributed by atoms with Crippen LogP contribution < -0.4 is 5.73 Å². The molecule has 2 nitrogen and oxygen atoms in total. The minimum Gasteiger partial charge on any atom is -0.506 e. The molecule has 0 fully saturated rings. The lowest BCUT2D eigenvalue weighted by molar-refractivity contribution is 0.455. The quantitative estimate of drug-likeness (QED) is 0.821. The van der Waals surface area contributed by atoms with E-state index in [1.54, 1.807) is 0 Å².